The van der Waals surface area contributed by atoms with Gasteiger partial charge in [0, 0.05) is 0 Å². The molecule has 70 valence electrons. The Morgan fingerprint density at radius 2 is 2.15 bits per heavy atom. The third-order valence-electron chi connectivity index (χ3n) is 1.64. The third-order valence-corrected chi connectivity index (χ3v) is 1.83. The molecule has 3 nitrogen and oxygen atoms in total. The molecule has 0 aliphatic heterocycles. The maximum absolute atomic E-state index is 11.1. The number of carbonyl (C=O) groups is 1. The molecule has 1 aromatic rings. The predicted octanol–water partition coefficient (Wildman–Crippen LogP) is 1.44. The fourth-order valence-corrected chi connectivity index (χ4v) is 1.10. The van der Waals surface area contributed by atoms with Gasteiger partial charge in [0.2, 0.25) is 5.78 Å². The average Bonchev–Trinajstić information content (AvgIpc) is 2.03. The van der Waals surface area contributed by atoms with E-state index in [1.54, 1.807) is 13.0 Å². The van der Waals surface area contributed by atoms with E-state index in [2.05, 4.69) is 0 Å². The Hall–Kier alpha value is -1.06. The normalized spacial score (nSPS) is 12.5. The summed E-state index contributed by atoms with van der Waals surface area (Å²) < 4.78 is 0. The first-order valence-electron chi connectivity index (χ1n) is 3.68. The number of benzene rings is 1. The molecule has 0 bridgehead atoms. The van der Waals surface area contributed by atoms with Crippen LogP contribution in [0.4, 0.5) is 0 Å². The number of aryl methyl sites for hydroxylation is 1. The molecule has 4 heteroatoms. The van der Waals surface area contributed by atoms with Crippen LogP contribution in [0.1, 0.15) is 15.9 Å². The lowest BCUT2D eigenvalue weighted by molar-refractivity contribution is 0.0857. The van der Waals surface area contributed by atoms with Gasteiger partial charge >= 0.3 is 0 Å². The molecule has 0 aliphatic rings. The number of aromatic hydroxyl groups is 1. The number of ketones is 1. The van der Waals surface area contributed by atoms with Crippen LogP contribution < -0.4 is 0 Å². The SMILES string of the molecule is Cc1ccc(C(=O)C(O)Cl)c(O)c1. The molecule has 2 N–H and O–H groups in total. The van der Waals surface area contributed by atoms with Crippen LogP contribution in [0, 0.1) is 6.92 Å². The summed E-state index contributed by atoms with van der Waals surface area (Å²) in [6, 6.07) is 4.53. The summed E-state index contributed by atoms with van der Waals surface area (Å²) in [5.41, 5.74) is -0.736. The van der Waals surface area contributed by atoms with E-state index in [1.165, 1.54) is 12.1 Å². The highest BCUT2D eigenvalue weighted by molar-refractivity contribution is 6.32. The number of hydrogen-bond acceptors (Lipinski definition) is 3. The van der Waals surface area contributed by atoms with Gasteiger partial charge < -0.3 is 10.2 Å². The quantitative estimate of drug-likeness (QED) is 0.561. The number of halogens is 1. The smallest absolute Gasteiger partial charge is 0.210 e. The van der Waals surface area contributed by atoms with E-state index in [0.29, 0.717) is 0 Å². The van der Waals surface area contributed by atoms with Crippen molar-refractivity contribution in [3.63, 3.8) is 0 Å². The summed E-state index contributed by atoms with van der Waals surface area (Å²) in [5.74, 6) is -0.858. The Kier molecular flexibility index (Phi) is 2.90. The van der Waals surface area contributed by atoms with Crippen molar-refractivity contribution in [1.82, 2.24) is 0 Å². The van der Waals surface area contributed by atoms with E-state index < -0.39 is 11.3 Å². The van der Waals surface area contributed by atoms with Gasteiger partial charge in [0.25, 0.3) is 0 Å². The van der Waals surface area contributed by atoms with Crippen molar-refractivity contribution < 1.29 is 15.0 Å². The Bertz CT molecular complexity index is 334. The van der Waals surface area contributed by atoms with E-state index in [1.807, 2.05) is 0 Å². The standard InChI is InChI=1S/C9H9ClO3/c1-5-2-3-6(7(11)4-5)8(12)9(10)13/h2-4,9,11,13H,1H3. The minimum absolute atomic E-state index is 0.0353. The number of hydrogen-bond donors (Lipinski definition) is 2. The van der Waals surface area contributed by atoms with Crippen LogP contribution >= 0.6 is 11.6 Å². The van der Waals surface area contributed by atoms with Crippen LogP contribution in [0.15, 0.2) is 18.2 Å². The molecule has 1 aromatic carbocycles. The first-order valence-corrected chi connectivity index (χ1v) is 4.12. The van der Waals surface area contributed by atoms with Gasteiger partial charge in [-0.3, -0.25) is 4.79 Å². The van der Waals surface area contributed by atoms with Crippen molar-refractivity contribution in [2.45, 2.75) is 12.5 Å². The number of alkyl halides is 1. The van der Waals surface area contributed by atoms with Crippen LogP contribution in [0.25, 0.3) is 0 Å². The average molecular weight is 201 g/mol. The number of phenols is 1. The Morgan fingerprint density at radius 1 is 1.54 bits per heavy atom. The zero-order valence-corrected chi connectivity index (χ0v) is 7.75. The molecular weight excluding hydrogens is 192 g/mol. The van der Waals surface area contributed by atoms with Crippen LogP contribution in [-0.4, -0.2) is 21.6 Å². The number of aliphatic hydroxyl groups is 1. The van der Waals surface area contributed by atoms with Gasteiger partial charge in [-0.1, -0.05) is 17.7 Å². The van der Waals surface area contributed by atoms with E-state index in [4.69, 9.17) is 16.7 Å². The minimum atomic E-state index is -1.60. The summed E-state index contributed by atoms with van der Waals surface area (Å²) in [4.78, 5) is 11.1. The molecule has 1 rings (SSSR count). The van der Waals surface area contributed by atoms with E-state index >= 15 is 0 Å². The van der Waals surface area contributed by atoms with Gasteiger partial charge in [-0.2, -0.15) is 0 Å². The van der Waals surface area contributed by atoms with Gasteiger partial charge in [0.05, 0.1) is 5.56 Å². The Morgan fingerprint density at radius 3 is 2.62 bits per heavy atom. The summed E-state index contributed by atoms with van der Waals surface area (Å²) in [5, 5.41) is 18.1. The van der Waals surface area contributed by atoms with E-state index in [-0.39, 0.29) is 11.3 Å². The summed E-state index contributed by atoms with van der Waals surface area (Å²) in [6.07, 6.45) is 0. The number of aliphatic hydroxyl groups excluding tert-OH is 1. The molecule has 1 atom stereocenters. The maximum Gasteiger partial charge on any atom is 0.210 e. The van der Waals surface area contributed by atoms with Crippen LogP contribution in [-0.2, 0) is 0 Å². The lowest BCUT2D eigenvalue weighted by atomic mass is 10.1. The molecule has 0 spiro atoms. The largest absolute Gasteiger partial charge is 0.507 e. The summed E-state index contributed by atoms with van der Waals surface area (Å²) >= 11 is 5.17. The number of carbonyl (C=O) groups excluding carboxylic acids is 1. The molecule has 0 amide bonds. The van der Waals surface area contributed by atoms with Gasteiger partial charge in [-0.15, -0.1) is 0 Å². The third kappa shape index (κ3) is 2.20. The molecular formula is C9H9ClO3. The second-order valence-corrected chi connectivity index (χ2v) is 3.13. The molecule has 0 saturated carbocycles. The summed E-state index contributed by atoms with van der Waals surface area (Å²) in [6.45, 7) is 1.78. The highest BCUT2D eigenvalue weighted by Crippen LogP contribution is 2.20. The van der Waals surface area contributed by atoms with Crippen LogP contribution in [0.3, 0.4) is 0 Å². The number of rotatable bonds is 2. The monoisotopic (exact) mass is 200 g/mol. The lowest BCUT2D eigenvalue weighted by Gasteiger charge is -2.04. The van der Waals surface area contributed by atoms with Gasteiger partial charge in [-0.25, -0.2) is 0 Å². The second kappa shape index (κ2) is 3.77. The molecule has 13 heavy (non-hydrogen) atoms. The lowest BCUT2D eigenvalue weighted by Crippen LogP contribution is -2.13. The number of Topliss-reactive ketones (excluding diaryl/α,β-unsaturated/α-hetero) is 1. The molecule has 0 fully saturated rings. The van der Waals surface area contributed by atoms with E-state index in [0.717, 1.165) is 5.56 Å². The Labute approximate surface area is 80.6 Å². The highest BCUT2D eigenvalue weighted by atomic mass is 35.5. The molecule has 1 unspecified atom stereocenters. The first kappa shape index (κ1) is 10.0. The van der Waals surface area contributed by atoms with Crippen LogP contribution in [0.2, 0.25) is 0 Å². The van der Waals surface area contributed by atoms with Crippen molar-refractivity contribution in [3.8, 4) is 5.75 Å². The zero-order chi connectivity index (χ0) is 10.0. The van der Waals surface area contributed by atoms with Gasteiger partial charge in [0.15, 0.2) is 5.56 Å². The number of phenolic OH excluding ortho intramolecular Hbond substituents is 1. The predicted molar refractivity (Wildman–Crippen MR) is 49.0 cm³/mol. The molecule has 0 saturated heterocycles. The Balaban J connectivity index is 3.09. The first-order chi connectivity index (χ1) is 6.02. The fourth-order valence-electron chi connectivity index (χ4n) is 0.978. The zero-order valence-electron chi connectivity index (χ0n) is 6.99. The van der Waals surface area contributed by atoms with Gasteiger partial charge in [-0.05, 0) is 24.6 Å². The van der Waals surface area contributed by atoms with Crippen molar-refractivity contribution in [3.05, 3.63) is 29.3 Å². The van der Waals surface area contributed by atoms with Crippen molar-refractivity contribution in [1.29, 1.82) is 0 Å². The van der Waals surface area contributed by atoms with Crippen molar-refractivity contribution in [2.75, 3.05) is 0 Å². The molecule has 0 radical (unpaired) electrons. The van der Waals surface area contributed by atoms with E-state index in [9.17, 15) is 9.90 Å². The minimum Gasteiger partial charge on any atom is -0.507 e. The summed E-state index contributed by atoms with van der Waals surface area (Å²) in [7, 11) is 0. The molecule has 0 aliphatic carbocycles. The second-order valence-electron chi connectivity index (χ2n) is 2.72. The molecule has 0 heterocycles. The van der Waals surface area contributed by atoms with Crippen molar-refractivity contribution in [2.24, 2.45) is 0 Å². The molecule has 0 aromatic heterocycles. The van der Waals surface area contributed by atoms with Crippen molar-refractivity contribution >= 4 is 17.4 Å². The topological polar surface area (TPSA) is 57.5 Å². The maximum atomic E-state index is 11.1. The highest BCUT2D eigenvalue weighted by Gasteiger charge is 2.17. The fraction of sp³-hybridized carbons (Fsp3) is 0.222. The van der Waals surface area contributed by atoms with Gasteiger partial charge in [0.1, 0.15) is 5.75 Å². The van der Waals surface area contributed by atoms with Crippen LogP contribution in [0.5, 0.6) is 5.75 Å².